The summed E-state index contributed by atoms with van der Waals surface area (Å²) in [7, 11) is 0. The van der Waals surface area contributed by atoms with Crippen LogP contribution in [0.5, 0.6) is 11.5 Å². The number of benzene rings is 2. The quantitative estimate of drug-likeness (QED) is 0.640. The number of hydrogen-bond acceptors (Lipinski definition) is 3. The number of rotatable bonds is 8. The van der Waals surface area contributed by atoms with Crippen molar-refractivity contribution in [2.75, 3.05) is 6.61 Å². The van der Waals surface area contributed by atoms with E-state index in [1.807, 2.05) is 49.4 Å². The molecule has 0 amide bonds. The van der Waals surface area contributed by atoms with Gasteiger partial charge in [0.05, 0.1) is 11.6 Å². The minimum Gasteiger partial charge on any atom is -0.490 e. The van der Waals surface area contributed by atoms with Crippen molar-refractivity contribution in [2.45, 2.75) is 58.2 Å². The molecule has 0 saturated heterocycles. The van der Waals surface area contributed by atoms with Gasteiger partial charge >= 0.3 is 0 Å². The molecule has 1 N–H and O–H groups in total. The maximum Gasteiger partial charge on any atom is 0.180 e. The van der Waals surface area contributed by atoms with Crippen LogP contribution in [0.25, 0.3) is 0 Å². The molecule has 3 rings (SSSR count). The molecule has 1 saturated carbocycles. The molecule has 26 heavy (non-hydrogen) atoms. The number of nitrogens with one attached hydrogen (secondary N) is 1. The first-order valence-corrected chi connectivity index (χ1v) is 9.99. The molecule has 2 aromatic carbocycles. The number of ether oxygens (including phenoxy) is 2. The summed E-state index contributed by atoms with van der Waals surface area (Å²) in [5, 5.41) is 4.26. The molecule has 0 spiro atoms. The Morgan fingerprint density at radius 2 is 1.77 bits per heavy atom. The molecule has 0 aliphatic heterocycles. The Bertz CT molecular complexity index is 684. The molecule has 0 radical (unpaired) electrons. The van der Waals surface area contributed by atoms with E-state index in [1.54, 1.807) is 0 Å². The van der Waals surface area contributed by atoms with Crippen LogP contribution < -0.4 is 14.8 Å². The van der Waals surface area contributed by atoms with Crippen molar-refractivity contribution in [3.05, 3.63) is 58.6 Å². The molecule has 2 aromatic rings. The van der Waals surface area contributed by atoms with Crippen LogP contribution in [0.2, 0.25) is 5.02 Å². The third-order valence-corrected chi connectivity index (χ3v) is 5.08. The highest BCUT2D eigenvalue weighted by molar-refractivity contribution is 6.32. The fourth-order valence-corrected chi connectivity index (χ4v) is 3.71. The lowest BCUT2D eigenvalue weighted by Crippen LogP contribution is -2.30. The van der Waals surface area contributed by atoms with Crippen LogP contribution >= 0.6 is 11.6 Å². The Morgan fingerprint density at radius 1 is 1.00 bits per heavy atom. The zero-order valence-corrected chi connectivity index (χ0v) is 16.2. The fraction of sp³-hybridized carbons (Fsp3) is 0.455. The van der Waals surface area contributed by atoms with Gasteiger partial charge in [-0.05, 0) is 43.0 Å². The van der Waals surface area contributed by atoms with Gasteiger partial charge < -0.3 is 14.8 Å². The summed E-state index contributed by atoms with van der Waals surface area (Å²) in [4.78, 5) is 0. The molecule has 1 aliphatic rings. The predicted molar refractivity (Wildman–Crippen MR) is 107 cm³/mol. The van der Waals surface area contributed by atoms with Crippen LogP contribution in [-0.2, 0) is 13.2 Å². The molecule has 1 fully saturated rings. The summed E-state index contributed by atoms with van der Waals surface area (Å²) in [5.74, 6) is 1.34. The van der Waals surface area contributed by atoms with Crippen molar-refractivity contribution < 1.29 is 9.47 Å². The van der Waals surface area contributed by atoms with Crippen molar-refractivity contribution in [3.8, 4) is 11.5 Å². The second kappa shape index (κ2) is 9.84. The molecular weight excluding hydrogens is 346 g/mol. The van der Waals surface area contributed by atoms with Crippen LogP contribution in [-0.4, -0.2) is 12.6 Å². The van der Waals surface area contributed by atoms with Crippen molar-refractivity contribution in [3.63, 3.8) is 0 Å². The van der Waals surface area contributed by atoms with E-state index in [1.165, 1.54) is 32.1 Å². The Morgan fingerprint density at radius 3 is 2.50 bits per heavy atom. The molecule has 3 nitrogen and oxygen atoms in total. The van der Waals surface area contributed by atoms with Gasteiger partial charge in [0, 0.05) is 12.6 Å². The summed E-state index contributed by atoms with van der Waals surface area (Å²) in [6.07, 6.45) is 6.56. The third kappa shape index (κ3) is 5.39. The zero-order chi connectivity index (χ0) is 18.2. The molecular formula is C22H28ClNO2. The fourth-order valence-electron chi connectivity index (χ4n) is 3.43. The average Bonchev–Trinajstić information content (AvgIpc) is 2.67. The van der Waals surface area contributed by atoms with Crippen LogP contribution in [0.3, 0.4) is 0 Å². The lowest BCUT2D eigenvalue weighted by molar-refractivity contribution is 0.269. The summed E-state index contributed by atoms with van der Waals surface area (Å²) >= 11 is 6.53. The van der Waals surface area contributed by atoms with Gasteiger partial charge in [0.1, 0.15) is 6.61 Å². The van der Waals surface area contributed by atoms with E-state index in [0.717, 1.165) is 23.4 Å². The van der Waals surface area contributed by atoms with Crippen LogP contribution in [0.4, 0.5) is 0 Å². The number of hydrogen-bond donors (Lipinski definition) is 1. The predicted octanol–water partition coefficient (Wildman–Crippen LogP) is 5.74. The van der Waals surface area contributed by atoms with Gasteiger partial charge in [-0.25, -0.2) is 0 Å². The Balaban J connectivity index is 1.68. The normalized spacial score (nSPS) is 15.0. The zero-order valence-electron chi connectivity index (χ0n) is 15.5. The minimum atomic E-state index is 0.473. The van der Waals surface area contributed by atoms with E-state index >= 15 is 0 Å². The second-order valence-corrected chi connectivity index (χ2v) is 7.24. The Labute approximate surface area is 161 Å². The minimum absolute atomic E-state index is 0.473. The van der Waals surface area contributed by atoms with Gasteiger partial charge in [0.15, 0.2) is 11.5 Å². The van der Waals surface area contributed by atoms with Crippen LogP contribution in [0.15, 0.2) is 42.5 Å². The maximum absolute atomic E-state index is 6.53. The molecule has 0 unspecified atom stereocenters. The van der Waals surface area contributed by atoms with Crippen LogP contribution in [0.1, 0.15) is 50.2 Å². The molecule has 0 atom stereocenters. The van der Waals surface area contributed by atoms with E-state index in [2.05, 4.69) is 5.32 Å². The molecule has 4 heteroatoms. The monoisotopic (exact) mass is 373 g/mol. The highest BCUT2D eigenvalue weighted by Gasteiger charge is 2.15. The van der Waals surface area contributed by atoms with E-state index in [4.69, 9.17) is 21.1 Å². The highest BCUT2D eigenvalue weighted by atomic mass is 35.5. The van der Waals surface area contributed by atoms with Crippen molar-refractivity contribution in [1.82, 2.24) is 5.32 Å². The van der Waals surface area contributed by atoms with Crippen LogP contribution in [0, 0.1) is 0 Å². The van der Waals surface area contributed by atoms with Crippen molar-refractivity contribution in [1.29, 1.82) is 0 Å². The first-order valence-electron chi connectivity index (χ1n) is 9.61. The summed E-state index contributed by atoms with van der Waals surface area (Å²) in [5.41, 5.74) is 2.24. The molecule has 140 valence electrons. The lowest BCUT2D eigenvalue weighted by Gasteiger charge is -2.23. The Hall–Kier alpha value is -1.71. The van der Waals surface area contributed by atoms with Crippen molar-refractivity contribution >= 4 is 11.6 Å². The highest BCUT2D eigenvalue weighted by Crippen LogP contribution is 2.37. The van der Waals surface area contributed by atoms with Gasteiger partial charge in [-0.15, -0.1) is 0 Å². The van der Waals surface area contributed by atoms with Crippen molar-refractivity contribution in [2.24, 2.45) is 0 Å². The molecule has 0 bridgehead atoms. The van der Waals surface area contributed by atoms with Gasteiger partial charge in [0.25, 0.3) is 0 Å². The van der Waals surface area contributed by atoms with Gasteiger partial charge in [-0.2, -0.15) is 0 Å². The first-order chi connectivity index (χ1) is 12.8. The first kappa shape index (κ1) is 19.1. The summed E-state index contributed by atoms with van der Waals surface area (Å²) < 4.78 is 11.8. The van der Waals surface area contributed by atoms with E-state index in [-0.39, 0.29) is 0 Å². The Kier molecular flexibility index (Phi) is 7.22. The standard InChI is InChI=1S/C22H28ClNO2/c1-2-25-21-14-18(15-24-19-11-7-4-8-12-19)13-20(23)22(21)26-16-17-9-5-3-6-10-17/h3,5-6,9-10,13-14,19,24H,2,4,7-8,11-12,15-16H2,1H3. The second-order valence-electron chi connectivity index (χ2n) is 6.83. The molecule has 1 aliphatic carbocycles. The van der Waals surface area contributed by atoms with E-state index < -0.39 is 0 Å². The van der Waals surface area contributed by atoms with Gasteiger partial charge in [-0.1, -0.05) is 61.2 Å². The largest absolute Gasteiger partial charge is 0.490 e. The molecule has 0 heterocycles. The smallest absolute Gasteiger partial charge is 0.180 e. The number of halogens is 1. The van der Waals surface area contributed by atoms with E-state index in [0.29, 0.717) is 30.0 Å². The maximum atomic E-state index is 6.53. The lowest BCUT2D eigenvalue weighted by atomic mass is 9.95. The SMILES string of the molecule is CCOc1cc(CNC2CCCCC2)cc(Cl)c1OCc1ccccc1. The van der Waals surface area contributed by atoms with Gasteiger partial charge in [0.2, 0.25) is 0 Å². The third-order valence-electron chi connectivity index (χ3n) is 4.80. The average molecular weight is 374 g/mol. The summed E-state index contributed by atoms with van der Waals surface area (Å²) in [6, 6.07) is 14.7. The molecule has 0 aromatic heterocycles. The topological polar surface area (TPSA) is 30.5 Å². The van der Waals surface area contributed by atoms with Gasteiger partial charge in [-0.3, -0.25) is 0 Å². The summed E-state index contributed by atoms with van der Waals surface area (Å²) in [6.45, 7) is 3.84. The van der Waals surface area contributed by atoms with E-state index in [9.17, 15) is 0 Å².